The molecule has 6 heteroatoms. The van der Waals surface area contributed by atoms with Crippen LogP contribution in [0.5, 0.6) is 0 Å². The second-order valence-electron chi connectivity index (χ2n) is 6.73. The highest BCUT2D eigenvalue weighted by Crippen LogP contribution is 2.40. The minimum atomic E-state index is -2.29. The highest BCUT2D eigenvalue weighted by Gasteiger charge is 2.47. The molecule has 0 radical (unpaired) electrons. The lowest BCUT2D eigenvalue weighted by atomic mass is 9.87. The van der Waals surface area contributed by atoms with Crippen molar-refractivity contribution in [3.63, 3.8) is 0 Å². The van der Waals surface area contributed by atoms with Crippen molar-refractivity contribution in [3.05, 3.63) is 63.4 Å². The zero-order valence-corrected chi connectivity index (χ0v) is 14.1. The molecule has 0 spiro atoms. The first-order chi connectivity index (χ1) is 12.5. The monoisotopic (exact) mass is 350 g/mol. The number of ether oxygens (including phenoxy) is 1. The van der Waals surface area contributed by atoms with Gasteiger partial charge in [0.1, 0.15) is 6.61 Å². The number of carbonyl (C=O) groups is 1. The third-order valence-corrected chi connectivity index (χ3v) is 5.36. The molecule has 26 heavy (non-hydrogen) atoms. The molecule has 2 aliphatic heterocycles. The molecule has 130 valence electrons. The van der Waals surface area contributed by atoms with Crippen LogP contribution in [-0.2, 0) is 28.4 Å². The van der Waals surface area contributed by atoms with Gasteiger partial charge in [-0.25, -0.2) is 14.2 Å². The predicted molar refractivity (Wildman–Crippen MR) is 93.4 cm³/mol. The Kier molecular flexibility index (Phi) is 2.93. The predicted octanol–water partition coefficient (Wildman–Crippen LogP) is 3.06. The van der Waals surface area contributed by atoms with E-state index in [4.69, 9.17) is 4.74 Å². The van der Waals surface area contributed by atoms with Gasteiger partial charge in [0.25, 0.3) is 5.56 Å². The first-order valence-electron chi connectivity index (χ1n) is 8.55. The van der Waals surface area contributed by atoms with Gasteiger partial charge in [-0.2, -0.15) is 0 Å². The van der Waals surface area contributed by atoms with Gasteiger partial charge >= 0.3 is 5.97 Å². The summed E-state index contributed by atoms with van der Waals surface area (Å²) in [7, 11) is 0. The SMILES string of the molecule is CC[C@@]1(F)C(=O)OCc2c1cc1n(c2=O)Cc2cc3ccccc3nc2-1. The minimum absolute atomic E-state index is 0.0836. The van der Waals surface area contributed by atoms with E-state index in [1.165, 1.54) is 0 Å². The van der Waals surface area contributed by atoms with Crippen molar-refractivity contribution in [1.82, 2.24) is 9.55 Å². The van der Waals surface area contributed by atoms with Crippen molar-refractivity contribution < 1.29 is 13.9 Å². The number of benzene rings is 1. The molecule has 0 N–H and O–H groups in total. The lowest BCUT2D eigenvalue weighted by Crippen LogP contribution is -2.41. The molecule has 2 aliphatic rings. The van der Waals surface area contributed by atoms with E-state index in [2.05, 4.69) is 4.98 Å². The van der Waals surface area contributed by atoms with Crippen molar-refractivity contribution in [2.24, 2.45) is 0 Å². The Labute approximate surface area is 148 Å². The average molecular weight is 350 g/mol. The number of hydrogen-bond donors (Lipinski definition) is 0. The molecule has 1 atom stereocenters. The van der Waals surface area contributed by atoms with Crippen LogP contribution < -0.4 is 5.56 Å². The van der Waals surface area contributed by atoms with Gasteiger partial charge in [0.15, 0.2) is 0 Å². The smallest absolute Gasteiger partial charge is 0.348 e. The maximum atomic E-state index is 15.3. The van der Waals surface area contributed by atoms with Crippen molar-refractivity contribution in [2.75, 3.05) is 0 Å². The number of aromatic nitrogens is 2. The van der Waals surface area contributed by atoms with E-state index < -0.39 is 11.6 Å². The number of alkyl halides is 1. The zero-order chi connectivity index (χ0) is 18.1. The third kappa shape index (κ3) is 1.81. The van der Waals surface area contributed by atoms with Gasteiger partial charge in [-0.3, -0.25) is 4.79 Å². The van der Waals surface area contributed by atoms with Crippen molar-refractivity contribution in [3.8, 4) is 11.4 Å². The molecule has 1 aromatic carbocycles. The van der Waals surface area contributed by atoms with Crippen LogP contribution in [0.3, 0.4) is 0 Å². The summed E-state index contributed by atoms with van der Waals surface area (Å²) in [4.78, 5) is 29.7. The van der Waals surface area contributed by atoms with Crippen LogP contribution in [0.15, 0.2) is 41.2 Å². The van der Waals surface area contributed by atoms with Crippen LogP contribution in [0.2, 0.25) is 0 Å². The number of para-hydroxylation sites is 1. The van der Waals surface area contributed by atoms with Crippen LogP contribution in [0.25, 0.3) is 22.3 Å². The summed E-state index contributed by atoms with van der Waals surface area (Å²) >= 11 is 0. The van der Waals surface area contributed by atoms with Gasteiger partial charge in [-0.05, 0) is 24.6 Å². The van der Waals surface area contributed by atoms with Gasteiger partial charge in [0.05, 0.1) is 29.0 Å². The van der Waals surface area contributed by atoms with Crippen LogP contribution in [0, 0.1) is 0 Å². The maximum Gasteiger partial charge on any atom is 0.348 e. The molecule has 0 amide bonds. The van der Waals surface area contributed by atoms with E-state index in [0.717, 1.165) is 16.5 Å². The summed E-state index contributed by atoms with van der Waals surface area (Å²) < 4.78 is 21.9. The number of nitrogens with zero attached hydrogens (tertiary/aromatic N) is 2. The Hall–Kier alpha value is -3.02. The Morgan fingerprint density at radius 1 is 1.27 bits per heavy atom. The summed E-state index contributed by atoms with van der Waals surface area (Å²) in [5.74, 6) is -0.929. The van der Waals surface area contributed by atoms with Gasteiger partial charge in [0.2, 0.25) is 5.67 Å². The van der Waals surface area contributed by atoms with E-state index in [0.29, 0.717) is 17.9 Å². The van der Waals surface area contributed by atoms with E-state index >= 15 is 4.39 Å². The standard InChI is InChI=1S/C20H15FN2O3/c1-2-20(21)14-8-16-17-12(7-11-5-3-4-6-15(11)22-17)9-23(16)18(24)13(14)10-26-19(20)25/h3-8H,2,9-10H2,1H3/t20-/m0/s1. The topological polar surface area (TPSA) is 61.2 Å². The Morgan fingerprint density at radius 3 is 2.88 bits per heavy atom. The summed E-state index contributed by atoms with van der Waals surface area (Å²) in [6.45, 7) is 1.76. The lowest BCUT2D eigenvalue weighted by molar-refractivity contribution is -0.163. The van der Waals surface area contributed by atoms with E-state index in [-0.39, 0.29) is 29.7 Å². The molecule has 0 fully saturated rings. The quantitative estimate of drug-likeness (QED) is 0.495. The maximum absolute atomic E-state index is 15.3. The molecular formula is C20H15FN2O3. The Morgan fingerprint density at radius 2 is 2.08 bits per heavy atom. The Balaban J connectivity index is 1.81. The first-order valence-corrected chi connectivity index (χ1v) is 8.55. The van der Waals surface area contributed by atoms with E-state index in [1.54, 1.807) is 17.6 Å². The van der Waals surface area contributed by atoms with Gasteiger partial charge in [-0.15, -0.1) is 0 Å². The second kappa shape index (κ2) is 5.00. The molecule has 0 saturated carbocycles. The van der Waals surface area contributed by atoms with Gasteiger partial charge in [0, 0.05) is 16.5 Å². The number of hydrogen-bond acceptors (Lipinski definition) is 4. The highest BCUT2D eigenvalue weighted by molar-refractivity contribution is 5.86. The number of pyridine rings is 2. The molecule has 4 heterocycles. The molecule has 2 aromatic heterocycles. The number of esters is 1. The number of cyclic esters (lactones) is 1. The van der Waals surface area contributed by atoms with Crippen molar-refractivity contribution >= 4 is 16.9 Å². The largest absolute Gasteiger partial charge is 0.458 e. The fraction of sp³-hybridized carbons (Fsp3) is 0.250. The van der Waals surface area contributed by atoms with Crippen molar-refractivity contribution in [2.45, 2.75) is 32.2 Å². The number of halogens is 1. The number of rotatable bonds is 1. The molecule has 0 unspecified atom stereocenters. The third-order valence-electron chi connectivity index (χ3n) is 5.36. The lowest BCUT2D eigenvalue weighted by Gasteiger charge is -2.29. The van der Waals surface area contributed by atoms with Crippen LogP contribution in [0.1, 0.15) is 30.0 Å². The normalized spacial score (nSPS) is 20.5. The minimum Gasteiger partial charge on any atom is -0.458 e. The van der Waals surface area contributed by atoms with Crippen LogP contribution in [-0.4, -0.2) is 15.5 Å². The van der Waals surface area contributed by atoms with Crippen LogP contribution in [0.4, 0.5) is 4.39 Å². The molecular weight excluding hydrogens is 335 g/mol. The highest BCUT2D eigenvalue weighted by atomic mass is 19.1. The molecule has 0 saturated heterocycles. The molecule has 3 aromatic rings. The molecule has 5 rings (SSSR count). The fourth-order valence-electron chi connectivity index (χ4n) is 3.90. The zero-order valence-electron chi connectivity index (χ0n) is 14.1. The van der Waals surface area contributed by atoms with Crippen LogP contribution >= 0.6 is 0 Å². The molecule has 0 bridgehead atoms. The fourth-order valence-corrected chi connectivity index (χ4v) is 3.90. The number of carbonyl (C=O) groups excluding carboxylic acids is 1. The summed E-state index contributed by atoms with van der Waals surface area (Å²) in [6, 6.07) is 11.3. The Bertz CT molecular complexity index is 1170. The molecule has 0 aliphatic carbocycles. The second-order valence-corrected chi connectivity index (χ2v) is 6.73. The van der Waals surface area contributed by atoms with Gasteiger partial charge < -0.3 is 9.30 Å². The summed E-state index contributed by atoms with van der Waals surface area (Å²) in [5, 5.41) is 0.990. The molecule has 5 nitrogen and oxygen atoms in total. The summed E-state index contributed by atoms with van der Waals surface area (Å²) in [5.41, 5.74) is 0.679. The van der Waals surface area contributed by atoms with E-state index in [1.807, 2.05) is 30.3 Å². The van der Waals surface area contributed by atoms with E-state index in [9.17, 15) is 9.59 Å². The van der Waals surface area contributed by atoms with Gasteiger partial charge in [-0.1, -0.05) is 25.1 Å². The first kappa shape index (κ1) is 15.3. The summed E-state index contributed by atoms with van der Waals surface area (Å²) in [6.07, 6.45) is -0.0836. The average Bonchev–Trinajstić information content (AvgIpc) is 3.01. The van der Waals surface area contributed by atoms with Crippen molar-refractivity contribution in [1.29, 1.82) is 0 Å². The number of fused-ring (bicyclic) bond motifs is 5.